The molecule has 2 aliphatic heterocycles. The zero-order chi connectivity index (χ0) is 24.2. The zero-order valence-corrected chi connectivity index (χ0v) is 20.6. The highest BCUT2D eigenvalue weighted by Gasteiger charge is 2.23. The molecule has 0 spiro atoms. The van der Waals surface area contributed by atoms with E-state index in [2.05, 4.69) is 85.7 Å². The van der Waals surface area contributed by atoms with Gasteiger partial charge < -0.3 is 15.1 Å². The van der Waals surface area contributed by atoms with E-state index in [0.29, 0.717) is 6.04 Å². The molecule has 6 rings (SSSR count). The van der Waals surface area contributed by atoms with Gasteiger partial charge in [0.15, 0.2) is 0 Å². The molecule has 2 saturated heterocycles. The highest BCUT2D eigenvalue weighted by atomic mass is 15.3. The number of aromatic nitrogens is 3. The summed E-state index contributed by atoms with van der Waals surface area (Å²) in [6.45, 7) is 6.80. The van der Waals surface area contributed by atoms with Crippen molar-refractivity contribution in [2.75, 3.05) is 54.4 Å². The molecule has 0 bridgehead atoms. The van der Waals surface area contributed by atoms with Crippen LogP contribution in [0.1, 0.15) is 18.4 Å². The number of piperazine rings is 1. The van der Waals surface area contributed by atoms with Crippen molar-refractivity contribution in [2.24, 2.45) is 0 Å². The molecule has 36 heavy (non-hydrogen) atoms. The maximum atomic E-state index is 5.06. The maximum Gasteiger partial charge on any atom is 0.228 e. The standard InChI is InChI=1S/C29H33N7/c1-2-8-23(9-3-1)22-34-16-13-24(14-17-34)31-28-25-10-4-5-11-26(25)32-29(33-28)36-20-18-35(19-21-36)27-12-6-7-15-30-27/h1-12,15,24H,13-14,16-22H2,(H,31,32,33). The molecule has 184 valence electrons. The molecule has 2 aromatic heterocycles. The fraction of sp³-hybridized carbons (Fsp3) is 0.345. The summed E-state index contributed by atoms with van der Waals surface area (Å²) < 4.78 is 0. The molecule has 4 heterocycles. The smallest absolute Gasteiger partial charge is 0.228 e. The minimum absolute atomic E-state index is 0.421. The molecular formula is C29H33N7. The van der Waals surface area contributed by atoms with Crippen molar-refractivity contribution in [1.82, 2.24) is 19.9 Å². The van der Waals surface area contributed by atoms with E-state index < -0.39 is 0 Å². The number of hydrogen-bond donors (Lipinski definition) is 1. The lowest BCUT2D eigenvalue weighted by Crippen LogP contribution is -2.47. The van der Waals surface area contributed by atoms with Crippen LogP contribution in [-0.2, 0) is 6.54 Å². The van der Waals surface area contributed by atoms with Crippen molar-refractivity contribution in [3.8, 4) is 0 Å². The summed E-state index contributed by atoms with van der Waals surface area (Å²) in [4.78, 5) is 21.7. The van der Waals surface area contributed by atoms with E-state index in [-0.39, 0.29) is 0 Å². The van der Waals surface area contributed by atoms with Gasteiger partial charge in [-0.25, -0.2) is 9.97 Å². The van der Waals surface area contributed by atoms with Crippen LogP contribution in [0.4, 0.5) is 17.6 Å². The van der Waals surface area contributed by atoms with Gasteiger partial charge in [-0.1, -0.05) is 48.5 Å². The summed E-state index contributed by atoms with van der Waals surface area (Å²) in [5.74, 6) is 2.82. The van der Waals surface area contributed by atoms with Crippen LogP contribution in [0.15, 0.2) is 79.0 Å². The molecule has 2 aromatic carbocycles. The van der Waals surface area contributed by atoms with E-state index in [1.54, 1.807) is 0 Å². The Kier molecular flexibility index (Phi) is 6.63. The van der Waals surface area contributed by atoms with Crippen LogP contribution < -0.4 is 15.1 Å². The van der Waals surface area contributed by atoms with Crippen LogP contribution in [0, 0.1) is 0 Å². The number of likely N-dealkylation sites (tertiary alicyclic amines) is 1. The van der Waals surface area contributed by atoms with Crippen molar-refractivity contribution in [3.63, 3.8) is 0 Å². The molecule has 0 amide bonds. The number of hydrogen-bond acceptors (Lipinski definition) is 7. The minimum atomic E-state index is 0.421. The van der Waals surface area contributed by atoms with E-state index in [1.165, 1.54) is 5.56 Å². The van der Waals surface area contributed by atoms with Crippen LogP contribution in [0.2, 0.25) is 0 Å². The Bertz CT molecular complexity index is 1260. The Hall–Kier alpha value is -3.71. The Labute approximate surface area is 212 Å². The van der Waals surface area contributed by atoms with Gasteiger partial charge in [0.05, 0.1) is 5.52 Å². The van der Waals surface area contributed by atoms with E-state index >= 15 is 0 Å². The van der Waals surface area contributed by atoms with Gasteiger partial charge in [0.25, 0.3) is 0 Å². The Morgan fingerprint density at radius 2 is 1.44 bits per heavy atom. The second kappa shape index (κ2) is 10.5. The number of nitrogens with one attached hydrogen (secondary N) is 1. The van der Waals surface area contributed by atoms with Gasteiger partial charge in [0, 0.05) is 63.4 Å². The topological polar surface area (TPSA) is 60.4 Å². The molecule has 7 nitrogen and oxygen atoms in total. The molecule has 1 N–H and O–H groups in total. The van der Waals surface area contributed by atoms with Crippen molar-refractivity contribution < 1.29 is 0 Å². The van der Waals surface area contributed by atoms with Crippen molar-refractivity contribution in [3.05, 3.63) is 84.6 Å². The normalized spacial score (nSPS) is 17.4. The van der Waals surface area contributed by atoms with Gasteiger partial charge in [-0.05, 0) is 42.7 Å². The Morgan fingerprint density at radius 1 is 0.722 bits per heavy atom. The average Bonchev–Trinajstić information content (AvgIpc) is 2.95. The largest absolute Gasteiger partial charge is 0.367 e. The molecule has 0 atom stereocenters. The second-order valence-electron chi connectivity index (χ2n) is 9.73. The lowest BCUT2D eigenvalue weighted by Gasteiger charge is -2.36. The molecule has 0 radical (unpaired) electrons. The molecule has 7 heteroatoms. The number of piperidine rings is 1. The molecule has 2 fully saturated rings. The zero-order valence-electron chi connectivity index (χ0n) is 20.6. The van der Waals surface area contributed by atoms with Crippen LogP contribution >= 0.6 is 0 Å². The third-order valence-corrected chi connectivity index (χ3v) is 7.30. The second-order valence-corrected chi connectivity index (χ2v) is 9.73. The van der Waals surface area contributed by atoms with Crippen LogP contribution in [0.5, 0.6) is 0 Å². The quantitative estimate of drug-likeness (QED) is 0.439. The first kappa shape index (κ1) is 22.7. The van der Waals surface area contributed by atoms with E-state index in [4.69, 9.17) is 9.97 Å². The minimum Gasteiger partial charge on any atom is -0.367 e. The maximum absolute atomic E-state index is 5.06. The number of benzene rings is 2. The van der Waals surface area contributed by atoms with Gasteiger partial charge in [-0.3, -0.25) is 4.90 Å². The molecule has 0 saturated carbocycles. The predicted octanol–water partition coefficient (Wildman–Crippen LogP) is 4.43. The third kappa shape index (κ3) is 5.11. The van der Waals surface area contributed by atoms with Gasteiger partial charge in [0.2, 0.25) is 5.95 Å². The highest BCUT2D eigenvalue weighted by molar-refractivity contribution is 5.90. The van der Waals surface area contributed by atoms with Crippen LogP contribution in [0.3, 0.4) is 0 Å². The first-order chi connectivity index (χ1) is 17.8. The first-order valence-corrected chi connectivity index (χ1v) is 13.0. The average molecular weight is 480 g/mol. The number of nitrogens with zero attached hydrogens (tertiary/aromatic N) is 6. The Morgan fingerprint density at radius 3 is 2.22 bits per heavy atom. The molecule has 0 aliphatic carbocycles. The molecule has 2 aliphatic rings. The van der Waals surface area contributed by atoms with Crippen LogP contribution in [0.25, 0.3) is 10.9 Å². The summed E-state index contributed by atoms with van der Waals surface area (Å²) in [5.41, 5.74) is 2.39. The molecule has 0 unspecified atom stereocenters. The van der Waals surface area contributed by atoms with Gasteiger partial charge >= 0.3 is 0 Å². The summed E-state index contributed by atoms with van der Waals surface area (Å²) in [6.07, 6.45) is 4.09. The highest BCUT2D eigenvalue weighted by Crippen LogP contribution is 2.27. The molecular weight excluding hydrogens is 446 g/mol. The summed E-state index contributed by atoms with van der Waals surface area (Å²) in [6, 6.07) is 25.6. The third-order valence-electron chi connectivity index (χ3n) is 7.30. The lowest BCUT2D eigenvalue weighted by molar-refractivity contribution is 0.211. The predicted molar refractivity (Wildman–Crippen MR) is 147 cm³/mol. The summed E-state index contributed by atoms with van der Waals surface area (Å²) in [5, 5.41) is 4.89. The van der Waals surface area contributed by atoms with Crippen molar-refractivity contribution in [1.29, 1.82) is 0 Å². The van der Waals surface area contributed by atoms with Crippen molar-refractivity contribution in [2.45, 2.75) is 25.4 Å². The van der Waals surface area contributed by atoms with Crippen LogP contribution in [-0.4, -0.2) is 65.2 Å². The van der Waals surface area contributed by atoms with Gasteiger partial charge in [-0.15, -0.1) is 0 Å². The Balaban J connectivity index is 1.13. The number of para-hydroxylation sites is 1. The lowest BCUT2D eigenvalue weighted by atomic mass is 10.0. The number of fused-ring (bicyclic) bond motifs is 1. The van der Waals surface area contributed by atoms with E-state index in [9.17, 15) is 0 Å². The SMILES string of the molecule is c1ccc(CN2CCC(Nc3nc(N4CCN(c5ccccn5)CC4)nc4ccccc34)CC2)cc1. The number of anilines is 3. The fourth-order valence-electron chi connectivity index (χ4n) is 5.26. The number of pyridine rings is 1. The number of rotatable bonds is 6. The first-order valence-electron chi connectivity index (χ1n) is 13.0. The van der Waals surface area contributed by atoms with Crippen molar-refractivity contribution >= 4 is 28.5 Å². The van der Waals surface area contributed by atoms with Gasteiger partial charge in [0.1, 0.15) is 11.6 Å². The molecule has 4 aromatic rings. The summed E-state index contributed by atoms with van der Waals surface area (Å²) >= 11 is 0. The van der Waals surface area contributed by atoms with E-state index in [1.807, 2.05) is 18.3 Å². The monoisotopic (exact) mass is 479 g/mol. The summed E-state index contributed by atoms with van der Waals surface area (Å²) in [7, 11) is 0. The van der Waals surface area contributed by atoms with E-state index in [0.717, 1.165) is 87.1 Å². The fourth-order valence-corrected chi connectivity index (χ4v) is 5.26. The van der Waals surface area contributed by atoms with Gasteiger partial charge in [-0.2, -0.15) is 4.98 Å².